The van der Waals surface area contributed by atoms with Crippen LogP contribution in [0.5, 0.6) is 0 Å². The minimum absolute atomic E-state index is 0.0107. The topological polar surface area (TPSA) is 130 Å². The first-order chi connectivity index (χ1) is 15.6. The van der Waals surface area contributed by atoms with Crippen LogP contribution in [-0.2, 0) is 19.0 Å². The van der Waals surface area contributed by atoms with Crippen LogP contribution in [0.15, 0.2) is 53.4 Å². The number of anilines is 1. The molecule has 0 spiro atoms. The van der Waals surface area contributed by atoms with Gasteiger partial charge in [0.15, 0.2) is 0 Å². The second-order valence-electron chi connectivity index (χ2n) is 6.87. The van der Waals surface area contributed by atoms with Crippen LogP contribution < -0.4 is 10.6 Å². The summed E-state index contributed by atoms with van der Waals surface area (Å²) in [5.74, 6) is 0.760. The number of nitrogens with one attached hydrogen (secondary N) is 2. The molecule has 0 saturated heterocycles. The molecule has 1 aliphatic rings. The molecule has 2 N–H and O–H groups in total. The second kappa shape index (κ2) is 14.8. The number of allylic oxidation sites excluding steroid dienone is 3. The van der Waals surface area contributed by atoms with Gasteiger partial charge in [-0.1, -0.05) is 17.8 Å². The SMILES string of the molecule is C=C/C(=C\C1=C(C)CC(=O)N1)c1ccc(NCCOCCOCCOCCN=[N+]=[N-])nc1. The lowest BCUT2D eigenvalue weighted by Gasteiger charge is -2.09. The molecular weight excluding hydrogens is 412 g/mol. The Morgan fingerprint density at radius 2 is 1.97 bits per heavy atom. The van der Waals surface area contributed by atoms with E-state index in [1.165, 1.54) is 0 Å². The van der Waals surface area contributed by atoms with Gasteiger partial charge in [-0.2, -0.15) is 0 Å². The highest BCUT2D eigenvalue weighted by atomic mass is 16.5. The van der Waals surface area contributed by atoms with Gasteiger partial charge in [0.05, 0.1) is 39.6 Å². The summed E-state index contributed by atoms with van der Waals surface area (Å²) in [7, 11) is 0. The van der Waals surface area contributed by atoms with Crippen LogP contribution >= 0.6 is 0 Å². The zero-order chi connectivity index (χ0) is 23.0. The van der Waals surface area contributed by atoms with Crippen LogP contribution in [0, 0.1) is 0 Å². The van der Waals surface area contributed by atoms with E-state index in [2.05, 4.69) is 32.2 Å². The van der Waals surface area contributed by atoms with Crippen molar-refractivity contribution in [2.45, 2.75) is 13.3 Å². The van der Waals surface area contributed by atoms with E-state index in [9.17, 15) is 4.79 Å². The molecule has 0 aliphatic carbocycles. The largest absolute Gasteiger partial charge is 0.379 e. The van der Waals surface area contributed by atoms with Gasteiger partial charge in [-0.3, -0.25) is 4.79 Å². The van der Waals surface area contributed by atoms with Gasteiger partial charge < -0.3 is 24.8 Å². The van der Waals surface area contributed by atoms with Crippen molar-refractivity contribution in [2.75, 3.05) is 58.0 Å². The first-order valence-electron chi connectivity index (χ1n) is 10.4. The number of pyridine rings is 1. The van der Waals surface area contributed by atoms with Crippen LogP contribution in [0.1, 0.15) is 18.9 Å². The summed E-state index contributed by atoms with van der Waals surface area (Å²) in [5.41, 5.74) is 11.8. The molecule has 1 aliphatic heterocycles. The molecule has 2 heterocycles. The number of nitrogens with zero attached hydrogens (tertiary/aromatic N) is 4. The van der Waals surface area contributed by atoms with Crippen molar-refractivity contribution in [3.05, 3.63) is 64.3 Å². The Kier molecular flexibility index (Phi) is 11.6. The fraction of sp³-hybridized carbons (Fsp3) is 0.455. The van der Waals surface area contributed by atoms with Crippen molar-refractivity contribution in [3.8, 4) is 0 Å². The smallest absolute Gasteiger partial charge is 0.228 e. The standard InChI is InChI=1S/C22H30N6O4/c1-3-18(15-20-17(2)14-22(29)27-20)19-4-5-21(25-16-19)24-6-8-30-10-12-32-13-11-31-9-7-26-28-23/h3-5,15-16H,1,6-14H2,2H3,(H,24,25)(H,27,29)/b18-15+. The summed E-state index contributed by atoms with van der Waals surface area (Å²) < 4.78 is 16.1. The zero-order valence-electron chi connectivity index (χ0n) is 18.4. The van der Waals surface area contributed by atoms with Gasteiger partial charge in [0, 0.05) is 41.9 Å². The fourth-order valence-electron chi connectivity index (χ4n) is 2.82. The monoisotopic (exact) mass is 442 g/mol. The molecule has 0 unspecified atom stereocenters. The number of hydrogen-bond donors (Lipinski definition) is 2. The van der Waals surface area contributed by atoms with Crippen molar-refractivity contribution in [2.24, 2.45) is 5.11 Å². The quantitative estimate of drug-likeness (QED) is 0.133. The number of carbonyl (C=O) groups is 1. The zero-order valence-corrected chi connectivity index (χ0v) is 18.4. The van der Waals surface area contributed by atoms with Gasteiger partial charge >= 0.3 is 0 Å². The van der Waals surface area contributed by atoms with Gasteiger partial charge in [0.25, 0.3) is 0 Å². The first kappa shape index (κ1) is 25.1. The average molecular weight is 443 g/mol. The maximum Gasteiger partial charge on any atom is 0.228 e. The number of carbonyl (C=O) groups excluding carboxylic acids is 1. The number of rotatable bonds is 16. The molecule has 10 heteroatoms. The lowest BCUT2D eigenvalue weighted by molar-refractivity contribution is -0.118. The van der Waals surface area contributed by atoms with Gasteiger partial charge in [-0.15, -0.1) is 0 Å². The third kappa shape index (κ3) is 9.32. The summed E-state index contributed by atoms with van der Waals surface area (Å²) in [5, 5.41) is 9.44. The lowest BCUT2D eigenvalue weighted by Crippen LogP contribution is -2.14. The van der Waals surface area contributed by atoms with Gasteiger partial charge in [0.2, 0.25) is 5.91 Å². The predicted octanol–water partition coefficient (Wildman–Crippen LogP) is 3.22. The Balaban J connectivity index is 1.60. The third-order valence-corrected chi connectivity index (χ3v) is 4.47. The molecule has 0 radical (unpaired) electrons. The summed E-state index contributed by atoms with van der Waals surface area (Å²) in [6.07, 6.45) is 5.87. The van der Waals surface area contributed by atoms with E-state index in [0.29, 0.717) is 59.2 Å². The van der Waals surface area contributed by atoms with Crippen LogP contribution in [0.25, 0.3) is 16.0 Å². The maximum atomic E-state index is 11.5. The van der Waals surface area contributed by atoms with Gasteiger partial charge in [0.1, 0.15) is 5.82 Å². The highest BCUT2D eigenvalue weighted by Gasteiger charge is 2.16. The first-order valence-corrected chi connectivity index (χ1v) is 10.4. The number of azide groups is 1. The third-order valence-electron chi connectivity index (χ3n) is 4.47. The Bertz CT molecular complexity index is 860. The molecule has 0 saturated carbocycles. The number of aromatic nitrogens is 1. The Morgan fingerprint density at radius 3 is 2.56 bits per heavy atom. The second-order valence-corrected chi connectivity index (χ2v) is 6.87. The molecule has 0 aromatic carbocycles. The van der Waals surface area contributed by atoms with E-state index in [1.807, 2.05) is 25.1 Å². The lowest BCUT2D eigenvalue weighted by atomic mass is 10.1. The van der Waals surface area contributed by atoms with Crippen molar-refractivity contribution in [3.63, 3.8) is 0 Å². The Morgan fingerprint density at radius 1 is 1.25 bits per heavy atom. The van der Waals surface area contributed by atoms with E-state index in [1.54, 1.807) is 12.3 Å². The molecule has 32 heavy (non-hydrogen) atoms. The van der Waals surface area contributed by atoms with Gasteiger partial charge in [-0.05, 0) is 41.8 Å². The van der Waals surface area contributed by atoms with E-state index >= 15 is 0 Å². The summed E-state index contributed by atoms with van der Waals surface area (Å²) in [6.45, 7) is 9.58. The molecule has 1 amide bonds. The molecule has 1 aromatic rings. The number of amides is 1. The minimum Gasteiger partial charge on any atom is -0.379 e. The highest BCUT2D eigenvalue weighted by Crippen LogP contribution is 2.22. The molecular formula is C22H30N6O4. The van der Waals surface area contributed by atoms with E-state index < -0.39 is 0 Å². The van der Waals surface area contributed by atoms with E-state index in [4.69, 9.17) is 19.7 Å². The van der Waals surface area contributed by atoms with Crippen molar-refractivity contribution in [1.29, 1.82) is 0 Å². The minimum atomic E-state index is 0.0107. The summed E-state index contributed by atoms with van der Waals surface area (Å²) in [6, 6.07) is 3.85. The molecule has 10 nitrogen and oxygen atoms in total. The normalized spacial score (nSPS) is 13.7. The van der Waals surface area contributed by atoms with Crippen LogP contribution in [0.3, 0.4) is 0 Å². The van der Waals surface area contributed by atoms with E-state index in [-0.39, 0.29) is 5.91 Å². The summed E-state index contributed by atoms with van der Waals surface area (Å²) >= 11 is 0. The molecule has 0 atom stereocenters. The van der Waals surface area contributed by atoms with Crippen LogP contribution in [0.4, 0.5) is 5.82 Å². The van der Waals surface area contributed by atoms with Crippen LogP contribution in [0.2, 0.25) is 0 Å². The van der Waals surface area contributed by atoms with Crippen LogP contribution in [-0.4, -0.2) is 63.6 Å². The fourth-order valence-corrected chi connectivity index (χ4v) is 2.82. The maximum absolute atomic E-state index is 11.5. The highest BCUT2D eigenvalue weighted by molar-refractivity contribution is 5.86. The summed E-state index contributed by atoms with van der Waals surface area (Å²) in [4.78, 5) is 18.6. The Hall–Kier alpha value is -3.17. The molecule has 2 rings (SSSR count). The van der Waals surface area contributed by atoms with Crippen molar-refractivity contribution < 1.29 is 19.0 Å². The molecule has 0 bridgehead atoms. The van der Waals surface area contributed by atoms with Gasteiger partial charge in [-0.25, -0.2) is 4.98 Å². The molecule has 172 valence electrons. The molecule has 1 aromatic heterocycles. The Labute approximate surface area is 188 Å². The molecule has 0 fully saturated rings. The van der Waals surface area contributed by atoms with Crippen molar-refractivity contribution >= 4 is 17.3 Å². The number of ether oxygens (including phenoxy) is 3. The predicted molar refractivity (Wildman–Crippen MR) is 123 cm³/mol. The van der Waals surface area contributed by atoms with Crippen molar-refractivity contribution in [1.82, 2.24) is 10.3 Å². The average Bonchev–Trinajstić information content (AvgIpc) is 3.12. The van der Waals surface area contributed by atoms with E-state index in [0.717, 1.165) is 28.2 Å². The number of hydrogen-bond acceptors (Lipinski definition) is 7.